The first-order chi connectivity index (χ1) is 9.00. The Kier molecular flexibility index (Phi) is 4.56. The molecule has 1 saturated carbocycles. The highest BCUT2D eigenvalue weighted by Gasteiger charge is 2.31. The third-order valence-corrected chi connectivity index (χ3v) is 4.43. The maximum absolute atomic E-state index is 12.3. The van der Waals surface area contributed by atoms with Crippen molar-refractivity contribution in [2.45, 2.75) is 44.9 Å². The lowest BCUT2D eigenvalue weighted by Crippen LogP contribution is -2.33. The highest BCUT2D eigenvalue weighted by atomic mass is 32.2. The third-order valence-electron chi connectivity index (χ3n) is 3.80. The van der Waals surface area contributed by atoms with E-state index in [0.29, 0.717) is 11.5 Å². The van der Waals surface area contributed by atoms with Gasteiger partial charge >= 0.3 is 0 Å². The van der Waals surface area contributed by atoms with Crippen molar-refractivity contribution in [2.24, 2.45) is 5.41 Å². The average molecular weight is 277 g/mol. The van der Waals surface area contributed by atoms with Crippen LogP contribution in [0, 0.1) is 5.41 Å². The van der Waals surface area contributed by atoms with Crippen LogP contribution in [0.25, 0.3) is 0 Å². The van der Waals surface area contributed by atoms with E-state index in [1.54, 1.807) is 11.8 Å². The molecule has 1 unspecified atom stereocenters. The van der Waals surface area contributed by atoms with Crippen molar-refractivity contribution < 1.29 is 4.79 Å². The van der Waals surface area contributed by atoms with Crippen molar-refractivity contribution in [1.82, 2.24) is 5.32 Å². The van der Waals surface area contributed by atoms with Crippen LogP contribution in [0.15, 0.2) is 24.3 Å². The predicted octanol–water partition coefficient (Wildman–Crippen LogP) is 3.86. The molecule has 1 amide bonds. The fourth-order valence-electron chi connectivity index (χ4n) is 2.80. The lowest BCUT2D eigenvalue weighted by Gasteiger charge is -2.18. The Balaban J connectivity index is 1.98. The number of carbonyl (C=O) groups is 1. The van der Waals surface area contributed by atoms with Crippen LogP contribution in [0.4, 0.5) is 0 Å². The van der Waals surface area contributed by atoms with Gasteiger partial charge in [0, 0.05) is 17.4 Å². The lowest BCUT2D eigenvalue weighted by molar-refractivity contribution is 0.0936. The van der Waals surface area contributed by atoms with E-state index in [2.05, 4.69) is 31.5 Å². The van der Waals surface area contributed by atoms with Gasteiger partial charge < -0.3 is 5.32 Å². The summed E-state index contributed by atoms with van der Waals surface area (Å²) in [6, 6.07) is 8.29. The molecule has 2 rings (SSSR count). The minimum Gasteiger partial charge on any atom is -0.349 e. The number of hydrogen-bond donors (Lipinski definition) is 1. The quantitative estimate of drug-likeness (QED) is 0.905. The van der Waals surface area contributed by atoms with Gasteiger partial charge in [-0.15, -0.1) is 0 Å². The number of carbonyl (C=O) groups excluding carboxylic acids is 1. The molecule has 0 bridgehead atoms. The van der Waals surface area contributed by atoms with E-state index in [0.717, 1.165) is 24.2 Å². The Morgan fingerprint density at radius 2 is 2.26 bits per heavy atom. The molecule has 1 atom stereocenters. The molecule has 0 aliphatic heterocycles. The van der Waals surface area contributed by atoms with E-state index in [9.17, 15) is 4.79 Å². The first-order valence-electron chi connectivity index (χ1n) is 6.89. The van der Waals surface area contributed by atoms with Gasteiger partial charge in [0.15, 0.2) is 0 Å². The molecule has 0 saturated heterocycles. The molecular formula is C16H23NOS. The molecule has 104 valence electrons. The van der Waals surface area contributed by atoms with Crippen LogP contribution in [0.1, 0.15) is 49.0 Å². The number of rotatable bonds is 4. The highest BCUT2D eigenvalue weighted by molar-refractivity contribution is 7.97. The normalized spacial score (nSPS) is 21.3. The summed E-state index contributed by atoms with van der Waals surface area (Å²) in [6.07, 6.45) is 5.46. The first kappa shape index (κ1) is 14.4. The van der Waals surface area contributed by atoms with Crippen molar-refractivity contribution in [3.8, 4) is 0 Å². The van der Waals surface area contributed by atoms with Gasteiger partial charge in [-0.05, 0) is 48.6 Å². The molecule has 0 aromatic heterocycles. The van der Waals surface area contributed by atoms with Crippen LogP contribution >= 0.6 is 11.8 Å². The van der Waals surface area contributed by atoms with Crippen LogP contribution in [0.5, 0.6) is 0 Å². The van der Waals surface area contributed by atoms with Crippen molar-refractivity contribution in [2.75, 3.05) is 6.26 Å². The SMILES string of the molecule is CSCc1cccc(C(=O)NC2CCC(C)(C)C2)c1. The topological polar surface area (TPSA) is 29.1 Å². The second-order valence-corrected chi connectivity index (χ2v) is 7.08. The van der Waals surface area contributed by atoms with Gasteiger partial charge in [-0.1, -0.05) is 26.0 Å². The molecule has 1 aliphatic carbocycles. The maximum atomic E-state index is 12.3. The van der Waals surface area contributed by atoms with Crippen LogP contribution in [-0.4, -0.2) is 18.2 Å². The van der Waals surface area contributed by atoms with Crippen molar-refractivity contribution in [3.05, 3.63) is 35.4 Å². The van der Waals surface area contributed by atoms with Gasteiger partial charge in [-0.2, -0.15) is 11.8 Å². The predicted molar refractivity (Wildman–Crippen MR) is 82.5 cm³/mol. The minimum atomic E-state index is 0.0747. The van der Waals surface area contributed by atoms with Gasteiger partial charge in [-0.25, -0.2) is 0 Å². The van der Waals surface area contributed by atoms with Crippen molar-refractivity contribution in [1.29, 1.82) is 0 Å². The lowest BCUT2D eigenvalue weighted by atomic mass is 9.92. The molecule has 19 heavy (non-hydrogen) atoms. The van der Waals surface area contributed by atoms with Crippen molar-refractivity contribution >= 4 is 17.7 Å². The molecule has 1 aromatic rings. The van der Waals surface area contributed by atoms with E-state index >= 15 is 0 Å². The summed E-state index contributed by atoms with van der Waals surface area (Å²) >= 11 is 1.78. The average Bonchev–Trinajstić information content (AvgIpc) is 2.69. The van der Waals surface area contributed by atoms with E-state index in [1.807, 2.05) is 18.2 Å². The van der Waals surface area contributed by atoms with Gasteiger partial charge in [0.05, 0.1) is 0 Å². The Bertz CT molecular complexity index is 456. The third kappa shape index (κ3) is 4.00. The Hall–Kier alpha value is -0.960. The number of nitrogens with one attached hydrogen (secondary N) is 1. The Morgan fingerprint density at radius 1 is 1.47 bits per heavy atom. The molecule has 0 radical (unpaired) electrons. The molecule has 2 nitrogen and oxygen atoms in total. The standard InChI is InChI=1S/C16H23NOS/c1-16(2)8-7-14(10-16)17-15(18)13-6-4-5-12(9-13)11-19-3/h4-6,9,14H,7-8,10-11H2,1-3H3,(H,17,18). The van der Waals surface area contributed by atoms with Crippen LogP contribution in [-0.2, 0) is 5.75 Å². The van der Waals surface area contributed by atoms with Crippen LogP contribution < -0.4 is 5.32 Å². The maximum Gasteiger partial charge on any atom is 0.251 e. The number of amides is 1. The molecule has 1 fully saturated rings. The van der Waals surface area contributed by atoms with Gasteiger partial charge in [0.25, 0.3) is 5.91 Å². The second kappa shape index (κ2) is 6.00. The van der Waals surface area contributed by atoms with E-state index in [1.165, 1.54) is 12.0 Å². The van der Waals surface area contributed by atoms with E-state index in [4.69, 9.17) is 0 Å². The molecule has 3 heteroatoms. The van der Waals surface area contributed by atoms with Crippen LogP contribution in [0.2, 0.25) is 0 Å². The Morgan fingerprint density at radius 3 is 2.89 bits per heavy atom. The number of hydrogen-bond acceptors (Lipinski definition) is 2. The summed E-state index contributed by atoms with van der Waals surface area (Å²) < 4.78 is 0. The molecule has 1 aromatic carbocycles. The fourth-order valence-corrected chi connectivity index (χ4v) is 3.31. The zero-order valence-corrected chi connectivity index (χ0v) is 12.8. The highest BCUT2D eigenvalue weighted by Crippen LogP contribution is 2.36. The number of thioether (sulfide) groups is 1. The first-order valence-corrected chi connectivity index (χ1v) is 8.28. The zero-order valence-electron chi connectivity index (χ0n) is 12.0. The minimum absolute atomic E-state index is 0.0747. The zero-order chi connectivity index (χ0) is 13.9. The summed E-state index contributed by atoms with van der Waals surface area (Å²) in [7, 11) is 0. The summed E-state index contributed by atoms with van der Waals surface area (Å²) in [6.45, 7) is 4.55. The summed E-state index contributed by atoms with van der Waals surface area (Å²) in [5.74, 6) is 1.03. The van der Waals surface area contributed by atoms with E-state index < -0.39 is 0 Å². The summed E-state index contributed by atoms with van der Waals surface area (Å²) in [4.78, 5) is 12.3. The Labute approximate surface area is 120 Å². The molecule has 0 heterocycles. The molecule has 1 aliphatic rings. The monoisotopic (exact) mass is 277 g/mol. The van der Waals surface area contributed by atoms with Gasteiger partial charge in [-0.3, -0.25) is 4.79 Å². The largest absolute Gasteiger partial charge is 0.349 e. The van der Waals surface area contributed by atoms with Crippen LogP contribution in [0.3, 0.4) is 0 Å². The van der Waals surface area contributed by atoms with Gasteiger partial charge in [0.2, 0.25) is 0 Å². The molecule has 0 spiro atoms. The molecular weight excluding hydrogens is 254 g/mol. The number of benzene rings is 1. The summed E-state index contributed by atoms with van der Waals surface area (Å²) in [5.41, 5.74) is 2.38. The van der Waals surface area contributed by atoms with E-state index in [-0.39, 0.29) is 5.91 Å². The summed E-state index contributed by atoms with van der Waals surface area (Å²) in [5, 5.41) is 3.17. The van der Waals surface area contributed by atoms with Crippen molar-refractivity contribution in [3.63, 3.8) is 0 Å². The second-order valence-electron chi connectivity index (χ2n) is 6.21. The van der Waals surface area contributed by atoms with Gasteiger partial charge in [0.1, 0.15) is 0 Å². The fraction of sp³-hybridized carbons (Fsp3) is 0.562. The smallest absolute Gasteiger partial charge is 0.251 e. The molecule has 1 N–H and O–H groups in total.